The predicted molar refractivity (Wildman–Crippen MR) is 109 cm³/mol. The van der Waals surface area contributed by atoms with Gasteiger partial charge in [0.25, 0.3) is 0 Å². The third-order valence-electron chi connectivity index (χ3n) is 5.56. The van der Waals surface area contributed by atoms with Crippen molar-refractivity contribution in [1.29, 1.82) is 0 Å². The lowest BCUT2D eigenvalue weighted by Gasteiger charge is -2.19. The highest BCUT2D eigenvalue weighted by Crippen LogP contribution is 2.48. The number of rotatable bonds is 6. The van der Waals surface area contributed by atoms with Crippen molar-refractivity contribution < 1.29 is 9.53 Å². The number of methoxy groups -OCH3 is 1. The fraction of sp³-hybridized carbons (Fsp3) is 0.304. The molecule has 0 radical (unpaired) electrons. The van der Waals surface area contributed by atoms with Crippen molar-refractivity contribution >= 4 is 5.91 Å². The highest BCUT2D eigenvalue weighted by atomic mass is 16.5. The lowest BCUT2D eigenvalue weighted by Crippen LogP contribution is -2.36. The minimum Gasteiger partial charge on any atom is -0.497 e. The summed E-state index contributed by atoms with van der Waals surface area (Å²) in [5.41, 5.74) is 3.83. The van der Waals surface area contributed by atoms with Crippen LogP contribution in [-0.2, 0) is 10.2 Å². The molecule has 3 aromatic rings. The number of aryl methyl sites for hydroxylation is 1. The van der Waals surface area contributed by atoms with E-state index in [1.54, 1.807) is 18.0 Å². The largest absolute Gasteiger partial charge is 0.497 e. The lowest BCUT2D eigenvalue weighted by molar-refractivity contribution is -0.124. The molecule has 5 nitrogen and oxygen atoms in total. The Balaban J connectivity index is 1.48. The van der Waals surface area contributed by atoms with Gasteiger partial charge in [-0.05, 0) is 44.4 Å². The maximum Gasteiger partial charge on any atom is 0.231 e. The molecule has 0 bridgehead atoms. The molecule has 2 aromatic carbocycles. The van der Waals surface area contributed by atoms with Crippen LogP contribution in [0.4, 0.5) is 0 Å². The molecule has 144 valence electrons. The molecule has 1 aliphatic carbocycles. The van der Waals surface area contributed by atoms with E-state index in [-0.39, 0.29) is 17.4 Å². The van der Waals surface area contributed by atoms with E-state index < -0.39 is 0 Å². The fourth-order valence-corrected chi connectivity index (χ4v) is 3.52. The Hall–Kier alpha value is -3.08. The second-order valence-electron chi connectivity index (χ2n) is 7.56. The summed E-state index contributed by atoms with van der Waals surface area (Å²) in [7, 11) is 1.65. The molecule has 1 saturated carbocycles. The number of carbonyl (C=O) groups is 1. The number of nitrogens with zero attached hydrogens (tertiary/aromatic N) is 2. The lowest BCUT2D eigenvalue weighted by atomic mass is 9.93. The van der Waals surface area contributed by atoms with Crippen LogP contribution in [0.25, 0.3) is 5.69 Å². The summed E-state index contributed by atoms with van der Waals surface area (Å²) in [5, 5.41) is 7.63. The summed E-state index contributed by atoms with van der Waals surface area (Å²) in [4.78, 5) is 13.0. The summed E-state index contributed by atoms with van der Waals surface area (Å²) in [6, 6.07) is 15.9. The van der Waals surface area contributed by atoms with E-state index in [4.69, 9.17) is 4.74 Å². The van der Waals surface area contributed by atoms with Gasteiger partial charge in [-0.25, -0.2) is 4.68 Å². The maximum absolute atomic E-state index is 13.0. The first-order valence-electron chi connectivity index (χ1n) is 9.59. The summed E-state index contributed by atoms with van der Waals surface area (Å²) in [6.45, 7) is 4.06. The molecule has 5 heteroatoms. The number of hydrogen-bond donors (Lipinski definition) is 1. The highest BCUT2D eigenvalue weighted by molar-refractivity contribution is 5.91. The van der Waals surface area contributed by atoms with E-state index in [0.29, 0.717) is 0 Å². The normalized spacial score (nSPS) is 15.7. The van der Waals surface area contributed by atoms with Gasteiger partial charge < -0.3 is 10.1 Å². The molecule has 1 amide bonds. The van der Waals surface area contributed by atoms with Gasteiger partial charge in [0.2, 0.25) is 5.91 Å². The van der Waals surface area contributed by atoms with Crippen molar-refractivity contribution in [3.63, 3.8) is 0 Å². The Morgan fingerprint density at radius 2 is 1.96 bits per heavy atom. The van der Waals surface area contributed by atoms with Crippen LogP contribution in [0.5, 0.6) is 5.75 Å². The van der Waals surface area contributed by atoms with Gasteiger partial charge in [-0.3, -0.25) is 4.79 Å². The van der Waals surface area contributed by atoms with Crippen molar-refractivity contribution in [2.75, 3.05) is 7.11 Å². The Kier molecular flexibility index (Phi) is 4.67. The summed E-state index contributed by atoms with van der Waals surface area (Å²) in [5.74, 6) is 0.877. The first kappa shape index (κ1) is 18.3. The van der Waals surface area contributed by atoms with Gasteiger partial charge in [0, 0.05) is 17.8 Å². The van der Waals surface area contributed by atoms with Crippen molar-refractivity contribution in [1.82, 2.24) is 15.1 Å². The zero-order valence-corrected chi connectivity index (χ0v) is 16.5. The average Bonchev–Trinajstić information content (AvgIpc) is 3.37. The molecule has 28 heavy (non-hydrogen) atoms. The fourth-order valence-electron chi connectivity index (χ4n) is 3.52. The average molecular weight is 375 g/mol. The molecule has 0 spiro atoms. The van der Waals surface area contributed by atoms with E-state index in [0.717, 1.165) is 35.4 Å². The molecule has 1 aliphatic rings. The number of benzene rings is 2. The molecule has 1 aromatic heterocycles. The van der Waals surface area contributed by atoms with Gasteiger partial charge in [0.15, 0.2) is 0 Å². The van der Waals surface area contributed by atoms with Crippen molar-refractivity contribution in [3.05, 3.63) is 77.6 Å². The van der Waals surface area contributed by atoms with Gasteiger partial charge in [-0.15, -0.1) is 0 Å². The van der Waals surface area contributed by atoms with E-state index in [9.17, 15) is 4.79 Å². The van der Waals surface area contributed by atoms with Gasteiger partial charge in [0.05, 0.1) is 30.5 Å². The van der Waals surface area contributed by atoms with Gasteiger partial charge in [-0.2, -0.15) is 5.10 Å². The number of nitrogens with one attached hydrogen (secondary N) is 1. The van der Waals surface area contributed by atoms with Crippen molar-refractivity contribution in [2.45, 2.75) is 38.1 Å². The zero-order valence-electron chi connectivity index (χ0n) is 16.5. The molecule has 4 rings (SSSR count). The Morgan fingerprint density at radius 3 is 2.64 bits per heavy atom. The number of amides is 1. The Morgan fingerprint density at radius 1 is 1.21 bits per heavy atom. The third kappa shape index (κ3) is 3.40. The highest BCUT2D eigenvalue weighted by Gasteiger charge is 2.51. The SMILES string of the molecule is COc1cccc(-n2cc(C(C)NC(=O)C3(c4ccc(C)cc4)CC3)cn2)c1. The molecule has 1 N–H and O–H groups in total. The van der Waals surface area contributed by atoms with E-state index in [1.807, 2.05) is 37.4 Å². The number of ether oxygens (including phenoxy) is 1. The number of carbonyl (C=O) groups excluding carboxylic acids is 1. The smallest absolute Gasteiger partial charge is 0.231 e. The van der Waals surface area contributed by atoms with Gasteiger partial charge >= 0.3 is 0 Å². The van der Waals surface area contributed by atoms with Crippen LogP contribution < -0.4 is 10.1 Å². The van der Waals surface area contributed by atoms with E-state index >= 15 is 0 Å². The zero-order chi connectivity index (χ0) is 19.7. The van der Waals surface area contributed by atoms with Crippen LogP contribution in [0, 0.1) is 6.92 Å². The minimum atomic E-state index is -0.370. The number of hydrogen-bond acceptors (Lipinski definition) is 3. The van der Waals surface area contributed by atoms with Crippen LogP contribution in [0.1, 0.15) is 42.5 Å². The number of aromatic nitrogens is 2. The Bertz CT molecular complexity index is 987. The van der Waals surface area contributed by atoms with Crippen LogP contribution in [0.3, 0.4) is 0 Å². The summed E-state index contributed by atoms with van der Waals surface area (Å²) in [6.07, 6.45) is 5.55. The first-order valence-corrected chi connectivity index (χ1v) is 9.59. The van der Waals surface area contributed by atoms with Gasteiger partial charge in [-0.1, -0.05) is 35.9 Å². The van der Waals surface area contributed by atoms with Crippen molar-refractivity contribution in [3.8, 4) is 11.4 Å². The molecule has 1 unspecified atom stereocenters. The topological polar surface area (TPSA) is 56.1 Å². The van der Waals surface area contributed by atoms with Crippen LogP contribution in [-0.4, -0.2) is 22.8 Å². The predicted octanol–water partition coefficient (Wildman–Crippen LogP) is 4.10. The molecular weight excluding hydrogens is 350 g/mol. The van der Waals surface area contributed by atoms with Crippen molar-refractivity contribution in [2.24, 2.45) is 0 Å². The quantitative estimate of drug-likeness (QED) is 0.706. The van der Waals surface area contributed by atoms with Crippen LogP contribution in [0.15, 0.2) is 60.9 Å². The Labute approximate surface area is 165 Å². The summed E-state index contributed by atoms with van der Waals surface area (Å²) < 4.78 is 7.08. The van der Waals surface area contributed by atoms with Crippen LogP contribution >= 0.6 is 0 Å². The second-order valence-corrected chi connectivity index (χ2v) is 7.56. The third-order valence-corrected chi connectivity index (χ3v) is 5.56. The second kappa shape index (κ2) is 7.15. The van der Waals surface area contributed by atoms with E-state index in [1.165, 1.54) is 5.56 Å². The molecular formula is C23H25N3O2. The monoisotopic (exact) mass is 375 g/mol. The molecule has 0 saturated heterocycles. The maximum atomic E-state index is 13.0. The molecule has 0 aliphatic heterocycles. The summed E-state index contributed by atoms with van der Waals surface area (Å²) >= 11 is 0. The molecule has 1 fully saturated rings. The van der Waals surface area contributed by atoms with Gasteiger partial charge in [0.1, 0.15) is 5.75 Å². The molecule has 1 heterocycles. The minimum absolute atomic E-state index is 0.0954. The first-order chi connectivity index (χ1) is 13.5. The molecule has 1 atom stereocenters. The van der Waals surface area contributed by atoms with E-state index in [2.05, 4.69) is 41.6 Å². The van der Waals surface area contributed by atoms with Crippen LogP contribution in [0.2, 0.25) is 0 Å². The standard InChI is InChI=1S/C23H25N3O2/c1-16-7-9-19(10-8-16)23(11-12-23)22(27)25-17(2)18-14-24-26(15-18)20-5-4-6-21(13-20)28-3/h4-10,13-15,17H,11-12H2,1-3H3,(H,25,27).